The van der Waals surface area contributed by atoms with Crippen molar-refractivity contribution in [3.05, 3.63) is 53.6 Å². The molecule has 0 amide bonds. The minimum absolute atomic E-state index is 0.102. The molecule has 0 aromatic heterocycles. The zero-order valence-electron chi connectivity index (χ0n) is 16.0. The van der Waals surface area contributed by atoms with Crippen LogP contribution in [0.5, 0.6) is 0 Å². The highest BCUT2D eigenvalue weighted by molar-refractivity contribution is 5.82. The van der Waals surface area contributed by atoms with Crippen LogP contribution in [0.3, 0.4) is 0 Å². The average Bonchev–Trinajstić information content (AvgIpc) is 2.81. The van der Waals surface area contributed by atoms with Crippen LogP contribution >= 0.6 is 0 Å². The molecule has 0 heterocycles. The van der Waals surface area contributed by atoms with Gasteiger partial charge in [-0.1, -0.05) is 44.2 Å². The van der Waals surface area contributed by atoms with Gasteiger partial charge in [-0.3, -0.25) is 0 Å². The first-order valence-electron chi connectivity index (χ1n) is 10.6. The Balaban J connectivity index is 1.37. The van der Waals surface area contributed by atoms with E-state index in [0.717, 1.165) is 17.8 Å². The maximum atomic E-state index is 4.08. The Morgan fingerprint density at radius 1 is 0.769 bits per heavy atom. The van der Waals surface area contributed by atoms with Crippen LogP contribution in [-0.2, 0) is 5.41 Å². The Morgan fingerprint density at radius 3 is 2.08 bits per heavy atom. The molecule has 1 nitrogen and oxygen atoms in total. The Kier molecular flexibility index (Phi) is 2.91. The highest BCUT2D eigenvalue weighted by atomic mass is 15.0. The van der Waals surface area contributed by atoms with E-state index in [1.54, 1.807) is 0 Å². The fraction of sp³-hybridized carbons (Fsp3) is 0.520. The van der Waals surface area contributed by atoms with E-state index in [2.05, 4.69) is 61.6 Å². The summed E-state index contributed by atoms with van der Waals surface area (Å²) in [4.78, 5) is 0. The van der Waals surface area contributed by atoms with Crippen molar-refractivity contribution in [1.82, 2.24) is 0 Å². The van der Waals surface area contributed by atoms with E-state index in [1.807, 2.05) is 0 Å². The fourth-order valence-electron chi connectivity index (χ4n) is 7.35. The quantitative estimate of drug-likeness (QED) is 0.667. The Hall–Kier alpha value is -1.76. The minimum Gasteiger partial charge on any atom is -0.380 e. The number of hydrogen-bond acceptors (Lipinski definition) is 1. The lowest BCUT2D eigenvalue weighted by atomic mass is 9.53. The number of rotatable bonds is 2. The molecule has 1 N–H and O–H groups in total. The second kappa shape index (κ2) is 4.94. The lowest BCUT2D eigenvalue weighted by molar-refractivity contribution is 0.0107. The van der Waals surface area contributed by atoms with Crippen molar-refractivity contribution in [2.24, 2.45) is 17.8 Å². The molecule has 0 atom stereocenters. The lowest BCUT2D eigenvalue weighted by Gasteiger charge is -2.57. The van der Waals surface area contributed by atoms with Gasteiger partial charge < -0.3 is 5.32 Å². The summed E-state index contributed by atoms with van der Waals surface area (Å²) in [5.74, 6) is 2.97. The first-order chi connectivity index (χ1) is 12.5. The zero-order valence-corrected chi connectivity index (χ0v) is 16.0. The number of nitrogens with one attached hydrogen (secondary N) is 1. The van der Waals surface area contributed by atoms with Crippen molar-refractivity contribution in [3.8, 4) is 11.1 Å². The van der Waals surface area contributed by atoms with Crippen LogP contribution in [-0.4, -0.2) is 5.54 Å². The number of anilines is 1. The molecule has 134 valence electrons. The average molecular weight is 344 g/mol. The number of fused-ring (bicyclic) bond motifs is 3. The van der Waals surface area contributed by atoms with Gasteiger partial charge in [0, 0.05) is 16.6 Å². The largest absolute Gasteiger partial charge is 0.380 e. The molecule has 4 saturated carbocycles. The predicted molar refractivity (Wildman–Crippen MR) is 109 cm³/mol. The lowest BCUT2D eigenvalue weighted by Crippen LogP contribution is -2.54. The van der Waals surface area contributed by atoms with Crippen molar-refractivity contribution in [1.29, 1.82) is 0 Å². The van der Waals surface area contributed by atoms with Gasteiger partial charge in [-0.2, -0.15) is 0 Å². The first-order valence-corrected chi connectivity index (χ1v) is 10.6. The summed E-state index contributed by atoms with van der Waals surface area (Å²) in [7, 11) is 0. The van der Waals surface area contributed by atoms with Crippen LogP contribution < -0.4 is 5.32 Å². The zero-order chi connectivity index (χ0) is 17.5. The van der Waals surface area contributed by atoms with Crippen LogP contribution in [0.25, 0.3) is 11.1 Å². The molecule has 0 spiro atoms. The molecule has 0 radical (unpaired) electrons. The van der Waals surface area contributed by atoms with Crippen molar-refractivity contribution in [2.75, 3.05) is 5.32 Å². The molecule has 0 unspecified atom stereocenters. The van der Waals surface area contributed by atoms with Gasteiger partial charge in [0.05, 0.1) is 0 Å². The maximum absolute atomic E-state index is 4.08. The molecule has 2 aromatic carbocycles. The van der Waals surface area contributed by atoms with Crippen LogP contribution in [0.15, 0.2) is 42.5 Å². The second-order valence-corrected chi connectivity index (χ2v) is 10.3. The Morgan fingerprint density at radius 2 is 1.38 bits per heavy atom. The van der Waals surface area contributed by atoms with E-state index in [9.17, 15) is 0 Å². The molecule has 0 aliphatic heterocycles. The molecule has 4 fully saturated rings. The monoisotopic (exact) mass is 343 g/mol. The van der Waals surface area contributed by atoms with Gasteiger partial charge in [0.1, 0.15) is 0 Å². The third-order valence-corrected chi connectivity index (χ3v) is 8.03. The molecule has 4 bridgehead atoms. The summed E-state index contributed by atoms with van der Waals surface area (Å²) >= 11 is 0. The normalized spacial score (nSPS) is 35.2. The topological polar surface area (TPSA) is 12.0 Å². The smallest absolute Gasteiger partial charge is 0.0381 e. The second-order valence-electron chi connectivity index (χ2n) is 10.3. The third kappa shape index (κ3) is 2.03. The number of hydrogen-bond donors (Lipinski definition) is 1. The van der Waals surface area contributed by atoms with Crippen molar-refractivity contribution in [2.45, 2.75) is 63.3 Å². The Bertz CT molecular complexity index is 855. The summed E-state index contributed by atoms with van der Waals surface area (Å²) in [5.41, 5.74) is 7.67. The first kappa shape index (κ1) is 15.3. The van der Waals surface area contributed by atoms with E-state index in [1.165, 1.54) is 66.5 Å². The van der Waals surface area contributed by atoms with Crippen molar-refractivity contribution < 1.29 is 0 Å². The summed E-state index contributed by atoms with van der Waals surface area (Å²) in [6.45, 7) is 4.76. The molecule has 0 saturated heterocycles. The predicted octanol–water partition coefficient (Wildman–Crippen LogP) is 6.37. The van der Waals surface area contributed by atoms with E-state index in [-0.39, 0.29) is 5.41 Å². The van der Waals surface area contributed by atoms with E-state index >= 15 is 0 Å². The SMILES string of the molecule is CC1(C)c2ccccc2-c2ccc(NC34CC5CC(CC(C5)C3)C4)cc21. The Labute approximate surface area is 157 Å². The van der Waals surface area contributed by atoms with Crippen LogP contribution in [0.4, 0.5) is 5.69 Å². The molecule has 7 rings (SSSR count). The van der Waals surface area contributed by atoms with Gasteiger partial charge in [-0.25, -0.2) is 0 Å². The molecule has 1 heteroatoms. The summed E-state index contributed by atoms with van der Waals surface area (Å²) in [6, 6.07) is 16.1. The minimum atomic E-state index is 0.102. The molecular formula is C25H29N. The summed E-state index contributed by atoms with van der Waals surface area (Å²) in [6.07, 6.45) is 8.73. The van der Waals surface area contributed by atoms with Crippen LogP contribution in [0.1, 0.15) is 63.5 Å². The van der Waals surface area contributed by atoms with Crippen molar-refractivity contribution in [3.63, 3.8) is 0 Å². The van der Waals surface area contributed by atoms with Crippen molar-refractivity contribution >= 4 is 5.69 Å². The van der Waals surface area contributed by atoms with E-state index in [4.69, 9.17) is 0 Å². The van der Waals surface area contributed by atoms with Gasteiger partial charge in [0.15, 0.2) is 0 Å². The molecule has 26 heavy (non-hydrogen) atoms. The highest BCUT2D eigenvalue weighted by Gasteiger charge is 2.51. The highest BCUT2D eigenvalue weighted by Crippen LogP contribution is 2.57. The van der Waals surface area contributed by atoms with Crippen LogP contribution in [0, 0.1) is 17.8 Å². The fourth-order valence-corrected chi connectivity index (χ4v) is 7.35. The van der Waals surface area contributed by atoms with E-state index in [0.29, 0.717) is 5.54 Å². The van der Waals surface area contributed by atoms with Gasteiger partial charge in [0.25, 0.3) is 0 Å². The van der Waals surface area contributed by atoms with Gasteiger partial charge in [-0.15, -0.1) is 0 Å². The van der Waals surface area contributed by atoms with Gasteiger partial charge in [-0.05, 0) is 90.7 Å². The molecule has 5 aliphatic rings. The maximum Gasteiger partial charge on any atom is 0.0381 e. The third-order valence-electron chi connectivity index (χ3n) is 8.03. The van der Waals surface area contributed by atoms with Gasteiger partial charge in [0.2, 0.25) is 0 Å². The molecule has 2 aromatic rings. The van der Waals surface area contributed by atoms with Crippen LogP contribution in [0.2, 0.25) is 0 Å². The summed E-state index contributed by atoms with van der Waals surface area (Å²) in [5, 5.41) is 4.08. The van der Waals surface area contributed by atoms with Gasteiger partial charge >= 0.3 is 0 Å². The standard InChI is InChI=1S/C25H29N/c1-24(2)22-6-4-3-5-20(22)21-8-7-19(12-23(21)24)26-25-13-16-9-17(14-25)11-18(10-16)15-25/h3-8,12,16-18,26H,9-11,13-15H2,1-2H3. The van der Waals surface area contributed by atoms with E-state index < -0.39 is 0 Å². The molecule has 5 aliphatic carbocycles. The molecular weight excluding hydrogens is 314 g/mol. The number of benzene rings is 2. The summed E-state index contributed by atoms with van der Waals surface area (Å²) < 4.78 is 0.